The van der Waals surface area contributed by atoms with Crippen molar-refractivity contribution >= 4 is 33.4 Å². The lowest BCUT2D eigenvalue weighted by molar-refractivity contribution is -0.126. The summed E-state index contributed by atoms with van der Waals surface area (Å²) >= 11 is 0. The molecule has 0 radical (unpaired) electrons. The number of amides is 3. The number of nitrogens with zero attached hydrogens (tertiary/aromatic N) is 2. The van der Waals surface area contributed by atoms with E-state index < -0.39 is 39.5 Å². The van der Waals surface area contributed by atoms with E-state index in [2.05, 4.69) is 10.9 Å². The number of halogens is 1. The standard InChI is InChI=1S/C22H23FN4O5S/c23-18-8-1-2-9-19(18)27-14-16(13-20(27)28)22(30)25-24-21(29)15-6-5-7-17(12-15)33(31,32)26-10-3-4-11-26/h1-2,5-9,12,16H,3-4,10-11,13-14H2,(H,24,29)(H,25,30)/t16-/m0/s1. The van der Waals surface area contributed by atoms with Crippen molar-refractivity contribution in [2.45, 2.75) is 24.2 Å². The summed E-state index contributed by atoms with van der Waals surface area (Å²) in [6.07, 6.45) is 1.46. The van der Waals surface area contributed by atoms with Gasteiger partial charge in [0.2, 0.25) is 21.8 Å². The Bertz CT molecular complexity index is 1200. The highest BCUT2D eigenvalue weighted by atomic mass is 32.2. The largest absolute Gasteiger partial charge is 0.309 e. The Morgan fingerprint density at radius 2 is 1.73 bits per heavy atom. The van der Waals surface area contributed by atoms with Crippen LogP contribution in [0.2, 0.25) is 0 Å². The summed E-state index contributed by atoms with van der Waals surface area (Å²) in [7, 11) is -3.69. The lowest BCUT2D eigenvalue weighted by atomic mass is 10.1. The fourth-order valence-corrected chi connectivity index (χ4v) is 5.52. The van der Waals surface area contributed by atoms with Crippen LogP contribution in [0.1, 0.15) is 29.6 Å². The van der Waals surface area contributed by atoms with Gasteiger partial charge >= 0.3 is 0 Å². The number of hydrogen-bond acceptors (Lipinski definition) is 5. The average molecular weight is 475 g/mol. The summed E-state index contributed by atoms with van der Waals surface area (Å²) in [4.78, 5) is 38.5. The first kappa shape index (κ1) is 22.9. The quantitative estimate of drug-likeness (QED) is 0.636. The van der Waals surface area contributed by atoms with Gasteiger partial charge in [0.05, 0.1) is 16.5 Å². The lowest BCUT2D eigenvalue weighted by Crippen LogP contribution is -2.45. The fraction of sp³-hybridized carbons (Fsp3) is 0.318. The van der Waals surface area contributed by atoms with Gasteiger partial charge < -0.3 is 4.90 Å². The van der Waals surface area contributed by atoms with Crippen LogP contribution in [0.25, 0.3) is 0 Å². The van der Waals surface area contributed by atoms with Crippen LogP contribution < -0.4 is 15.8 Å². The van der Waals surface area contributed by atoms with E-state index in [1.54, 1.807) is 6.07 Å². The first-order valence-corrected chi connectivity index (χ1v) is 12.0. The Balaban J connectivity index is 1.38. The van der Waals surface area contributed by atoms with Gasteiger partial charge in [0, 0.05) is 31.6 Å². The minimum atomic E-state index is -3.69. The molecule has 3 amide bonds. The summed E-state index contributed by atoms with van der Waals surface area (Å²) < 4.78 is 40.8. The zero-order chi connectivity index (χ0) is 23.6. The zero-order valence-corrected chi connectivity index (χ0v) is 18.5. The van der Waals surface area contributed by atoms with E-state index in [4.69, 9.17) is 0 Å². The number of anilines is 1. The molecule has 0 aliphatic carbocycles. The number of hydrogen-bond donors (Lipinski definition) is 2. The lowest BCUT2D eigenvalue weighted by Gasteiger charge is -2.17. The molecule has 174 valence electrons. The number of rotatable bonds is 5. The summed E-state index contributed by atoms with van der Waals surface area (Å²) in [5.74, 6) is -3.04. The first-order valence-electron chi connectivity index (χ1n) is 10.5. The normalized spacial score (nSPS) is 19.0. The van der Waals surface area contributed by atoms with Crippen molar-refractivity contribution in [3.63, 3.8) is 0 Å². The summed E-state index contributed by atoms with van der Waals surface area (Å²) in [6.45, 7) is 0.864. The molecule has 0 aromatic heterocycles. The van der Waals surface area contributed by atoms with Crippen molar-refractivity contribution in [3.05, 3.63) is 59.9 Å². The van der Waals surface area contributed by atoms with E-state index in [0.717, 1.165) is 12.8 Å². The molecular weight excluding hydrogens is 451 g/mol. The second kappa shape index (κ2) is 9.28. The molecule has 0 unspecified atom stereocenters. The van der Waals surface area contributed by atoms with Crippen molar-refractivity contribution in [2.24, 2.45) is 5.92 Å². The van der Waals surface area contributed by atoms with Crippen LogP contribution in [-0.2, 0) is 19.6 Å². The van der Waals surface area contributed by atoms with Crippen molar-refractivity contribution in [2.75, 3.05) is 24.5 Å². The molecule has 2 aliphatic rings. The van der Waals surface area contributed by atoms with Crippen LogP contribution in [0.3, 0.4) is 0 Å². The highest BCUT2D eigenvalue weighted by Gasteiger charge is 2.36. The molecule has 2 fully saturated rings. The Kier molecular flexibility index (Phi) is 6.43. The molecule has 2 aromatic carbocycles. The molecule has 0 saturated carbocycles. The van der Waals surface area contributed by atoms with Crippen LogP contribution >= 0.6 is 0 Å². The van der Waals surface area contributed by atoms with E-state index in [1.807, 2.05) is 0 Å². The van der Waals surface area contributed by atoms with E-state index >= 15 is 0 Å². The Labute approximate surface area is 190 Å². The Morgan fingerprint density at radius 1 is 1.00 bits per heavy atom. The number of carbonyl (C=O) groups excluding carboxylic acids is 3. The van der Waals surface area contributed by atoms with Gasteiger partial charge in [-0.05, 0) is 43.2 Å². The van der Waals surface area contributed by atoms with Crippen LogP contribution in [0.5, 0.6) is 0 Å². The van der Waals surface area contributed by atoms with Crippen molar-refractivity contribution in [1.82, 2.24) is 15.2 Å². The van der Waals surface area contributed by atoms with Crippen LogP contribution in [0, 0.1) is 11.7 Å². The van der Waals surface area contributed by atoms with E-state index in [-0.39, 0.29) is 29.1 Å². The topological polar surface area (TPSA) is 116 Å². The Hall–Kier alpha value is -3.31. The summed E-state index contributed by atoms with van der Waals surface area (Å²) in [5.41, 5.74) is 4.68. The number of hydrazine groups is 1. The third-order valence-corrected chi connectivity index (χ3v) is 7.63. The highest BCUT2D eigenvalue weighted by Crippen LogP contribution is 2.27. The number of nitrogens with one attached hydrogen (secondary N) is 2. The number of para-hydroxylation sites is 1. The van der Waals surface area contributed by atoms with Gasteiger partial charge in [0.25, 0.3) is 5.91 Å². The van der Waals surface area contributed by atoms with Gasteiger partial charge in [-0.2, -0.15) is 4.31 Å². The molecule has 4 rings (SSSR count). The van der Waals surface area contributed by atoms with Gasteiger partial charge in [-0.3, -0.25) is 25.2 Å². The van der Waals surface area contributed by atoms with Gasteiger partial charge in [-0.15, -0.1) is 0 Å². The van der Waals surface area contributed by atoms with Crippen molar-refractivity contribution in [1.29, 1.82) is 0 Å². The molecule has 0 bridgehead atoms. The molecule has 33 heavy (non-hydrogen) atoms. The fourth-order valence-electron chi connectivity index (χ4n) is 3.95. The van der Waals surface area contributed by atoms with Crippen molar-refractivity contribution in [3.8, 4) is 0 Å². The van der Waals surface area contributed by atoms with Crippen LogP contribution in [-0.4, -0.2) is 50.1 Å². The van der Waals surface area contributed by atoms with Crippen LogP contribution in [0.4, 0.5) is 10.1 Å². The number of sulfonamides is 1. The van der Waals surface area contributed by atoms with Gasteiger partial charge in [-0.25, -0.2) is 12.8 Å². The second-order valence-electron chi connectivity index (χ2n) is 7.94. The van der Waals surface area contributed by atoms with E-state index in [9.17, 15) is 27.2 Å². The SMILES string of the molecule is O=C(NNC(=O)[C@H]1CC(=O)N(c2ccccc2F)C1)c1cccc(S(=O)(=O)N2CCCC2)c1. The minimum absolute atomic E-state index is 0.00490. The molecule has 2 aliphatic heterocycles. The average Bonchev–Trinajstić information content (AvgIpc) is 3.48. The maximum atomic E-state index is 14.0. The molecule has 11 heteroatoms. The zero-order valence-electron chi connectivity index (χ0n) is 17.7. The third kappa shape index (κ3) is 4.74. The maximum Gasteiger partial charge on any atom is 0.269 e. The molecule has 2 aromatic rings. The number of benzene rings is 2. The molecule has 2 N–H and O–H groups in total. The van der Waals surface area contributed by atoms with Crippen LogP contribution in [0.15, 0.2) is 53.4 Å². The minimum Gasteiger partial charge on any atom is -0.309 e. The molecule has 9 nitrogen and oxygen atoms in total. The van der Waals surface area contributed by atoms with Gasteiger partial charge in [0.1, 0.15) is 5.82 Å². The third-order valence-electron chi connectivity index (χ3n) is 5.74. The van der Waals surface area contributed by atoms with Gasteiger partial charge in [-0.1, -0.05) is 18.2 Å². The highest BCUT2D eigenvalue weighted by molar-refractivity contribution is 7.89. The van der Waals surface area contributed by atoms with E-state index in [0.29, 0.717) is 13.1 Å². The molecular formula is C22H23FN4O5S. The molecule has 2 heterocycles. The molecule has 1 atom stereocenters. The second-order valence-corrected chi connectivity index (χ2v) is 9.88. The van der Waals surface area contributed by atoms with Crippen molar-refractivity contribution < 1.29 is 27.2 Å². The predicted octanol–water partition coefficient (Wildman–Crippen LogP) is 1.42. The molecule has 0 spiro atoms. The number of carbonyl (C=O) groups is 3. The van der Waals surface area contributed by atoms with E-state index in [1.165, 1.54) is 51.7 Å². The smallest absolute Gasteiger partial charge is 0.269 e. The van der Waals surface area contributed by atoms with Gasteiger partial charge in [0.15, 0.2) is 0 Å². The summed E-state index contributed by atoms with van der Waals surface area (Å²) in [6, 6.07) is 11.4. The first-order chi connectivity index (χ1) is 15.8. The monoisotopic (exact) mass is 474 g/mol. The molecule has 2 saturated heterocycles. The predicted molar refractivity (Wildman–Crippen MR) is 117 cm³/mol. The Morgan fingerprint density at radius 3 is 2.45 bits per heavy atom. The summed E-state index contributed by atoms with van der Waals surface area (Å²) in [5, 5.41) is 0. The maximum absolute atomic E-state index is 14.0.